The first-order chi connectivity index (χ1) is 9.06. The number of benzene rings is 1. The summed E-state index contributed by atoms with van der Waals surface area (Å²) >= 11 is 0. The summed E-state index contributed by atoms with van der Waals surface area (Å²) in [5.41, 5.74) is 1.28. The molecule has 2 aromatic rings. The topological polar surface area (TPSA) is 59.1 Å². The zero-order valence-electron chi connectivity index (χ0n) is 10.2. The quantitative estimate of drug-likeness (QED) is 0.680. The summed E-state index contributed by atoms with van der Waals surface area (Å²) in [6.45, 7) is 1.47. The molecule has 1 heterocycles. The molecule has 0 atom stereocenters. The van der Waals surface area contributed by atoms with E-state index in [0.717, 1.165) is 6.07 Å². The number of ketones is 1. The Morgan fingerprint density at radius 1 is 1.11 bits per heavy atom. The van der Waals surface area contributed by atoms with Crippen molar-refractivity contribution in [1.29, 1.82) is 0 Å². The van der Waals surface area contributed by atoms with Crippen molar-refractivity contribution in [2.45, 2.75) is 6.92 Å². The number of anilines is 1. The molecule has 0 bridgehead atoms. The van der Waals surface area contributed by atoms with Crippen molar-refractivity contribution in [2.75, 3.05) is 5.32 Å². The lowest BCUT2D eigenvalue weighted by Crippen LogP contribution is -2.12. The molecule has 0 aliphatic rings. The molecule has 0 saturated heterocycles. The largest absolute Gasteiger partial charge is 0.322 e. The minimum atomic E-state index is -0.709. The van der Waals surface area contributed by atoms with Crippen LogP contribution in [0.5, 0.6) is 0 Å². The van der Waals surface area contributed by atoms with E-state index < -0.39 is 11.9 Å². The maximum Gasteiger partial charge on any atom is 0.255 e. The van der Waals surface area contributed by atoms with Gasteiger partial charge in [0.25, 0.3) is 5.91 Å². The highest BCUT2D eigenvalue weighted by atomic mass is 19.1. The van der Waals surface area contributed by atoms with E-state index >= 15 is 0 Å². The Morgan fingerprint density at radius 2 is 1.79 bits per heavy atom. The monoisotopic (exact) mass is 258 g/mol. The number of aromatic nitrogens is 1. The highest BCUT2D eigenvalue weighted by Crippen LogP contribution is 2.12. The van der Waals surface area contributed by atoms with Gasteiger partial charge in [0.05, 0.1) is 0 Å². The molecule has 0 aliphatic carbocycles. The van der Waals surface area contributed by atoms with Gasteiger partial charge in [-0.1, -0.05) is 0 Å². The molecule has 0 saturated carbocycles. The van der Waals surface area contributed by atoms with E-state index in [1.807, 2.05) is 0 Å². The van der Waals surface area contributed by atoms with Crippen LogP contribution in [0.15, 0.2) is 42.6 Å². The van der Waals surface area contributed by atoms with Crippen LogP contribution in [0.4, 0.5) is 10.1 Å². The van der Waals surface area contributed by atoms with E-state index in [4.69, 9.17) is 0 Å². The van der Waals surface area contributed by atoms with Crippen LogP contribution >= 0.6 is 0 Å². The molecular formula is C14H11FN2O2. The minimum Gasteiger partial charge on any atom is -0.322 e. The van der Waals surface area contributed by atoms with Crippen LogP contribution in [0, 0.1) is 5.95 Å². The standard InChI is InChI=1S/C14H11FN2O2/c1-9(18)10-2-4-12(5-3-10)17-14(19)11-6-7-16-13(15)8-11/h2-8H,1H3,(H,17,19). The molecule has 1 N–H and O–H groups in total. The summed E-state index contributed by atoms with van der Waals surface area (Å²) in [6.07, 6.45) is 1.23. The fraction of sp³-hybridized carbons (Fsp3) is 0.0714. The summed E-state index contributed by atoms with van der Waals surface area (Å²) < 4.78 is 12.9. The van der Waals surface area contributed by atoms with Crippen LogP contribution in [0.3, 0.4) is 0 Å². The number of rotatable bonds is 3. The maximum absolute atomic E-state index is 12.9. The normalized spacial score (nSPS) is 10.0. The van der Waals surface area contributed by atoms with Crippen LogP contribution in [-0.2, 0) is 0 Å². The number of pyridine rings is 1. The van der Waals surface area contributed by atoms with E-state index in [9.17, 15) is 14.0 Å². The van der Waals surface area contributed by atoms with E-state index in [1.54, 1.807) is 24.3 Å². The average Bonchev–Trinajstić information content (AvgIpc) is 2.39. The molecule has 0 unspecified atom stereocenters. The molecule has 0 aliphatic heterocycles. The fourth-order valence-corrected chi connectivity index (χ4v) is 1.54. The first-order valence-electron chi connectivity index (χ1n) is 5.60. The highest BCUT2D eigenvalue weighted by molar-refractivity contribution is 6.04. The third kappa shape index (κ3) is 3.22. The van der Waals surface area contributed by atoms with Crippen LogP contribution in [-0.4, -0.2) is 16.7 Å². The lowest BCUT2D eigenvalue weighted by molar-refractivity contribution is 0.101. The first kappa shape index (κ1) is 12.9. The Balaban J connectivity index is 2.13. The van der Waals surface area contributed by atoms with Gasteiger partial charge < -0.3 is 5.32 Å². The van der Waals surface area contributed by atoms with Crippen molar-refractivity contribution < 1.29 is 14.0 Å². The van der Waals surface area contributed by atoms with E-state index in [2.05, 4.69) is 10.3 Å². The zero-order chi connectivity index (χ0) is 13.8. The fourth-order valence-electron chi connectivity index (χ4n) is 1.54. The van der Waals surface area contributed by atoms with Gasteiger partial charge in [-0.3, -0.25) is 9.59 Å². The van der Waals surface area contributed by atoms with Gasteiger partial charge in [-0.25, -0.2) is 4.98 Å². The molecule has 0 spiro atoms. The number of carbonyl (C=O) groups is 2. The predicted octanol–water partition coefficient (Wildman–Crippen LogP) is 2.68. The molecular weight excluding hydrogens is 247 g/mol. The Morgan fingerprint density at radius 3 is 2.37 bits per heavy atom. The number of nitrogens with zero attached hydrogens (tertiary/aromatic N) is 1. The van der Waals surface area contributed by atoms with Crippen molar-refractivity contribution in [2.24, 2.45) is 0 Å². The molecule has 19 heavy (non-hydrogen) atoms. The van der Waals surface area contributed by atoms with Gasteiger partial charge in [-0.2, -0.15) is 4.39 Å². The van der Waals surface area contributed by atoms with E-state index in [1.165, 1.54) is 19.2 Å². The van der Waals surface area contributed by atoms with Crippen LogP contribution < -0.4 is 5.32 Å². The Kier molecular flexibility index (Phi) is 3.66. The Hall–Kier alpha value is -2.56. The summed E-state index contributed by atoms with van der Waals surface area (Å²) in [7, 11) is 0. The van der Waals surface area contributed by atoms with Gasteiger partial charge in [-0.05, 0) is 37.3 Å². The molecule has 4 nitrogen and oxygen atoms in total. The highest BCUT2D eigenvalue weighted by Gasteiger charge is 2.07. The lowest BCUT2D eigenvalue weighted by Gasteiger charge is -2.05. The zero-order valence-corrected chi connectivity index (χ0v) is 10.2. The summed E-state index contributed by atoms with van der Waals surface area (Å²) in [5, 5.41) is 2.61. The van der Waals surface area contributed by atoms with Crippen molar-refractivity contribution in [3.63, 3.8) is 0 Å². The van der Waals surface area contributed by atoms with Gasteiger partial charge in [0.2, 0.25) is 5.95 Å². The number of hydrogen-bond donors (Lipinski definition) is 1. The molecule has 1 aromatic heterocycles. The smallest absolute Gasteiger partial charge is 0.255 e. The van der Waals surface area contributed by atoms with E-state index in [-0.39, 0.29) is 11.3 Å². The lowest BCUT2D eigenvalue weighted by atomic mass is 10.1. The number of hydrogen-bond acceptors (Lipinski definition) is 3. The van der Waals surface area contributed by atoms with E-state index in [0.29, 0.717) is 11.3 Å². The van der Waals surface area contributed by atoms with Crippen LogP contribution in [0.2, 0.25) is 0 Å². The van der Waals surface area contributed by atoms with Crippen molar-refractivity contribution in [1.82, 2.24) is 4.98 Å². The van der Waals surface area contributed by atoms with Gasteiger partial charge in [-0.15, -0.1) is 0 Å². The molecule has 1 amide bonds. The van der Waals surface area contributed by atoms with Gasteiger partial charge in [0, 0.05) is 29.1 Å². The second-order valence-corrected chi connectivity index (χ2v) is 3.95. The maximum atomic E-state index is 12.9. The molecule has 96 valence electrons. The molecule has 1 aromatic carbocycles. The second kappa shape index (κ2) is 5.39. The average molecular weight is 258 g/mol. The van der Waals surface area contributed by atoms with Crippen LogP contribution in [0.1, 0.15) is 27.6 Å². The summed E-state index contributed by atoms with van der Waals surface area (Å²) in [5.74, 6) is -1.19. The van der Waals surface area contributed by atoms with Crippen molar-refractivity contribution in [3.05, 3.63) is 59.7 Å². The van der Waals surface area contributed by atoms with Crippen molar-refractivity contribution in [3.8, 4) is 0 Å². The minimum absolute atomic E-state index is 0.0471. The summed E-state index contributed by atoms with van der Waals surface area (Å²) in [6, 6.07) is 8.94. The predicted molar refractivity (Wildman–Crippen MR) is 68.6 cm³/mol. The number of carbonyl (C=O) groups excluding carboxylic acids is 2. The number of amides is 1. The molecule has 5 heteroatoms. The number of nitrogens with one attached hydrogen (secondary N) is 1. The molecule has 2 rings (SSSR count). The molecule has 0 fully saturated rings. The SMILES string of the molecule is CC(=O)c1ccc(NC(=O)c2ccnc(F)c2)cc1. The third-order valence-corrected chi connectivity index (χ3v) is 2.54. The first-order valence-corrected chi connectivity index (χ1v) is 5.60. The Labute approximate surface area is 109 Å². The van der Waals surface area contributed by atoms with Gasteiger partial charge in [0.15, 0.2) is 5.78 Å². The summed E-state index contributed by atoms with van der Waals surface area (Å²) in [4.78, 5) is 26.3. The van der Waals surface area contributed by atoms with Crippen molar-refractivity contribution >= 4 is 17.4 Å². The third-order valence-electron chi connectivity index (χ3n) is 2.54. The van der Waals surface area contributed by atoms with Gasteiger partial charge in [0.1, 0.15) is 0 Å². The van der Waals surface area contributed by atoms with Gasteiger partial charge >= 0.3 is 0 Å². The number of halogens is 1. The van der Waals surface area contributed by atoms with Crippen LogP contribution in [0.25, 0.3) is 0 Å². The number of Topliss-reactive ketones (excluding diaryl/α,β-unsaturated/α-hetero) is 1. The second-order valence-electron chi connectivity index (χ2n) is 3.95. The Bertz CT molecular complexity index is 624. The molecule has 0 radical (unpaired) electrons.